The summed E-state index contributed by atoms with van der Waals surface area (Å²) in [5.41, 5.74) is 2.23. The molecule has 1 heterocycles. The molecule has 0 atom stereocenters. The normalized spacial score (nSPS) is 11.1. The fourth-order valence-electron chi connectivity index (χ4n) is 0.781. The van der Waals surface area contributed by atoms with Gasteiger partial charge in [-0.25, -0.2) is 0 Å². The molecule has 10 heavy (non-hydrogen) atoms. The molecule has 0 aromatic carbocycles. The van der Waals surface area contributed by atoms with Gasteiger partial charge in [-0.15, -0.1) is 0 Å². The predicted molar refractivity (Wildman–Crippen MR) is 41.5 cm³/mol. The molecule has 54 valence electrons. The van der Waals surface area contributed by atoms with E-state index < -0.39 is 0 Å². The van der Waals surface area contributed by atoms with Gasteiger partial charge in [0, 0.05) is 31.6 Å². The first-order chi connectivity index (χ1) is 4.75. The first kappa shape index (κ1) is 6.99. The Hall–Kier alpha value is -1.12. The zero-order valence-corrected chi connectivity index (χ0v) is 6.50. The van der Waals surface area contributed by atoms with Gasteiger partial charge in [0.05, 0.1) is 6.20 Å². The van der Waals surface area contributed by atoms with Crippen LogP contribution in [0.4, 0.5) is 0 Å². The van der Waals surface area contributed by atoms with E-state index in [1.807, 2.05) is 31.1 Å². The lowest BCUT2D eigenvalue weighted by atomic mass is 10.3. The van der Waals surface area contributed by atoms with Crippen molar-refractivity contribution in [1.29, 1.82) is 0 Å². The zero-order chi connectivity index (χ0) is 7.56. The molecule has 3 heteroatoms. The van der Waals surface area contributed by atoms with Crippen molar-refractivity contribution in [3.63, 3.8) is 0 Å². The fourth-order valence-corrected chi connectivity index (χ4v) is 0.781. The van der Waals surface area contributed by atoms with Gasteiger partial charge >= 0.3 is 0 Å². The van der Waals surface area contributed by atoms with Gasteiger partial charge in [-0.1, -0.05) is 0 Å². The van der Waals surface area contributed by atoms with E-state index in [1.165, 1.54) is 0 Å². The highest BCUT2D eigenvalue weighted by atomic mass is 15.3. The summed E-state index contributed by atoms with van der Waals surface area (Å²) in [5.74, 6) is 0. The third kappa shape index (κ3) is 1.07. The van der Waals surface area contributed by atoms with E-state index in [2.05, 4.69) is 10.1 Å². The molecule has 0 aliphatic rings. The monoisotopic (exact) mass is 137 g/mol. The topological polar surface area (TPSA) is 30.2 Å². The molecule has 0 fully saturated rings. The Bertz CT molecular complexity index is 247. The van der Waals surface area contributed by atoms with Crippen LogP contribution in [-0.4, -0.2) is 23.0 Å². The van der Waals surface area contributed by atoms with Gasteiger partial charge in [-0.2, -0.15) is 5.10 Å². The summed E-state index contributed by atoms with van der Waals surface area (Å²) >= 11 is 0. The molecule has 0 aliphatic heterocycles. The standard InChI is InChI=1S/C7H11N3/c1-6-7(4-8-2)5-9-10(6)3/h4-5H,1-3H3. The first-order valence-corrected chi connectivity index (χ1v) is 3.16. The van der Waals surface area contributed by atoms with Crippen LogP contribution in [-0.2, 0) is 7.05 Å². The van der Waals surface area contributed by atoms with Crippen molar-refractivity contribution in [3.05, 3.63) is 17.5 Å². The predicted octanol–water partition coefficient (Wildman–Crippen LogP) is 0.777. The summed E-state index contributed by atoms with van der Waals surface area (Å²) in [4.78, 5) is 3.90. The lowest BCUT2D eigenvalue weighted by molar-refractivity contribution is 0.740. The van der Waals surface area contributed by atoms with Crippen LogP contribution in [0.25, 0.3) is 0 Å². The molecule has 0 radical (unpaired) electrons. The Balaban J connectivity index is 3.05. The van der Waals surface area contributed by atoms with Gasteiger partial charge < -0.3 is 0 Å². The maximum atomic E-state index is 4.06. The second-order valence-electron chi connectivity index (χ2n) is 2.20. The highest BCUT2D eigenvalue weighted by molar-refractivity contribution is 5.80. The number of aliphatic imine (C=N–C) groups is 1. The third-order valence-corrected chi connectivity index (χ3v) is 1.54. The van der Waals surface area contributed by atoms with Gasteiger partial charge in [0.25, 0.3) is 0 Å². The molecule has 1 rings (SSSR count). The van der Waals surface area contributed by atoms with Crippen molar-refractivity contribution in [1.82, 2.24) is 9.78 Å². The minimum absolute atomic E-state index is 1.09. The quantitative estimate of drug-likeness (QED) is 0.526. The molecule has 3 nitrogen and oxygen atoms in total. The van der Waals surface area contributed by atoms with Crippen LogP contribution in [0.15, 0.2) is 11.2 Å². The van der Waals surface area contributed by atoms with Gasteiger partial charge in [-0.05, 0) is 6.92 Å². The molecule has 0 bridgehead atoms. The van der Waals surface area contributed by atoms with Crippen molar-refractivity contribution in [3.8, 4) is 0 Å². The Labute approximate surface area is 60.4 Å². The van der Waals surface area contributed by atoms with E-state index in [-0.39, 0.29) is 0 Å². The van der Waals surface area contributed by atoms with Crippen molar-refractivity contribution in [2.45, 2.75) is 6.92 Å². The minimum atomic E-state index is 1.09. The van der Waals surface area contributed by atoms with Crippen LogP contribution in [0, 0.1) is 6.92 Å². The summed E-state index contributed by atoms with van der Waals surface area (Å²) in [6, 6.07) is 0. The minimum Gasteiger partial charge on any atom is -0.296 e. The third-order valence-electron chi connectivity index (χ3n) is 1.54. The fraction of sp³-hybridized carbons (Fsp3) is 0.429. The number of rotatable bonds is 1. The molecule has 0 saturated carbocycles. The smallest absolute Gasteiger partial charge is 0.0580 e. The molecule has 0 amide bonds. The summed E-state index contributed by atoms with van der Waals surface area (Å²) in [7, 11) is 3.68. The lowest BCUT2D eigenvalue weighted by Crippen LogP contribution is -1.93. The summed E-state index contributed by atoms with van der Waals surface area (Å²) in [5, 5.41) is 4.06. The number of aryl methyl sites for hydroxylation is 1. The summed E-state index contributed by atoms with van der Waals surface area (Å²) in [6.45, 7) is 2.02. The number of hydrogen-bond acceptors (Lipinski definition) is 2. The molecule has 1 aromatic heterocycles. The Morgan fingerprint density at radius 1 is 1.70 bits per heavy atom. The molecule has 0 unspecified atom stereocenters. The van der Waals surface area contributed by atoms with Crippen molar-refractivity contribution in [2.24, 2.45) is 12.0 Å². The second kappa shape index (κ2) is 2.64. The molecular weight excluding hydrogens is 126 g/mol. The largest absolute Gasteiger partial charge is 0.296 e. The molecule has 0 N–H and O–H groups in total. The van der Waals surface area contributed by atoms with Crippen LogP contribution >= 0.6 is 0 Å². The highest BCUT2D eigenvalue weighted by Gasteiger charge is 1.97. The molecule has 0 spiro atoms. The van der Waals surface area contributed by atoms with E-state index in [4.69, 9.17) is 0 Å². The SMILES string of the molecule is CN=Cc1cnn(C)c1C. The number of hydrogen-bond donors (Lipinski definition) is 0. The summed E-state index contributed by atoms with van der Waals surface area (Å²) in [6.07, 6.45) is 3.62. The maximum absolute atomic E-state index is 4.06. The van der Waals surface area contributed by atoms with E-state index >= 15 is 0 Å². The molecule has 1 aromatic rings. The van der Waals surface area contributed by atoms with Gasteiger partial charge in [0.15, 0.2) is 0 Å². The van der Waals surface area contributed by atoms with E-state index in [0.29, 0.717) is 0 Å². The zero-order valence-electron chi connectivity index (χ0n) is 6.50. The van der Waals surface area contributed by atoms with Crippen LogP contribution in [0.1, 0.15) is 11.3 Å². The van der Waals surface area contributed by atoms with Crippen molar-refractivity contribution in [2.75, 3.05) is 7.05 Å². The summed E-state index contributed by atoms with van der Waals surface area (Å²) < 4.78 is 1.83. The molecular formula is C7H11N3. The van der Waals surface area contributed by atoms with Crippen LogP contribution in [0.3, 0.4) is 0 Å². The second-order valence-corrected chi connectivity index (χ2v) is 2.20. The Morgan fingerprint density at radius 3 is 2.80 bits per heavy atom. The van der Waals surface area contributed by atoms with Gasteiger partial charge in [-0.3, -0.25) is 9.67 Å². The van der Waals surface area contributed by atoms with Crippen LogP contribution in [0.5, 0.6) is 0 Å². The van der Waals surface area contributed by atoms with E-state index in [1.54, 1.807) is 7.05 Å². The van der Waals surface area contributed by atoms with E-state index in [9.17, 15) is 0 Å². The molecule has 0 aliphatic carbocycles. The van der Waals surface area contributed by atoms with E-state index in [0.717, 1.165) is 11.3 Å². The number of aromatic nitrogens is 2. The van der Waals surface area contributed by atoms with Crippen LogP contribution < -0.4 is 0 Å². The first-order valence-electron chi connectivity index (χ1n) is 3.16. The van der Waals surface area contributed by atoms with Gasteiger partial charge in [0.1, 0.15) is 0 Å². The Morgan fingerprint density at radius 2 is 2.40 bits per heavy atom. The van der Waals surface area contributed by atoms with Gasteiger partial charge in [0.2, 0.25) is 0 Å². The average Bonchev–Trinajstić information content (AvgIpc) is 2.20. The highest BCUT2D eigenvalue weighted by Crippen LogP contribution is 2.00. The van der Waals surface area contributed by atoms with Crippen LogP contribution in [0.2, 0.25) is 0 Å². The number of nitrogens with zero attached hydrogens (tertiary/aromatic N) is 3. The molecule has 0 saturated heterocycles. The van der Waals surface area contributed by atoms with Crippen molar-refractivity contribution >= 4 is 6.21 Å². The Kier molecular flexibility index (Phi) is 1.85. The average molecular weight is 137 g/mol. The lowest BCUT2D eigenvalue weighted by Gasteiger charge is -1.91. The maximum Gasteiger partial charge on any atom is 0.0580 e. The van der Waals surface area contributed by atoms with Crippen molar-refractivity contribution < 1.29 is 0 Å².